The van der Waals surface area contributed by atoms with Crippen LogP contribution in [-0.2, 0) is 9.84 Å². The Morgan fingerprint density at radius 3 is 2.16 bits per heavy atom. The Bertz CT molecular complexity index is 1070. The first-order valence-corrected chi connectivity index (χ1v) is 12.6. The molecule has 4 rings (SSSR count). The van der Waals surface area contributed by atoms with Crippen LogP contribution in [0.25, 0.3) is 0 Å². The molecule has 31 heavy (non-hydrogen) atoms. The summed E-state index contributed by atoms with van der Waals surface area (Å²) in [6, 6.07) is 28.6. The minimum absolute atomic E-state index is 0.185. The number of sulfone groups is 1. The third-order valence-electron chi connectivity index (χ3n) is 6.00. The van der Waals surface area contributed by atoms with Crippen LogP contribution in [0.5, 0.6) is 0 Å². The second-order valence-corrected chi connectivity index (χ2v) is 10.4. The lowest BCUT2D eigenvalue weighted by Crippen LogP contribution is -2.49. The topological polar surface area (TPSA) is 40.6 Å². The van der Waals surface area contributed by atoms with Crippen molar-refractivity contribution < 1.29 is 8.42 Å². The minimum atomic E-state index is -3.23. The van der Waals surface area contributed by atoms with Gasteiger partial charge in [-0.1, -0.05) is 66.2 Å². The van der Waals surface area contributed by atoms with Gasteiger partial charge < -0.3 is 4.90 Å². The van der Waals surface area contributed by atoms with Crippen LogP contribution in [0.15, 0.2) is 89.8 Å². The first kappa shape index (κ1) is 21.6. The van der Waals surface area contributed by atoms with E-state index in [2.05, 4.69) is 58.3 Å². The Morgan fingerprint density at radius 2 is 1.48 bits per heavy atom. The fourth-order valence-corrected chi connectivity index (χ4v) is 5.57. The second-order valence-electron chi connectivity index (χ2n) is 8.24. The molecule has 5 heteroatoms. The van der Waals surface area contributed by atoms with E-state index < -0.39 is 9.84 Å². The molecule has 3 aromatic rings. The normalized spacial score (nSPS) is 17.6. The molecule has 1 heterocycles. The molecule has 1 atom stereocenters. The molecule has 1 fully saturated rings. The number of piperazine rings is 1. The summed E-state index contributed by atoms with van der Waals surface area (Å²) in [5.41, 5.74) is 3.60. The zero-order valence-corrected chi connectivity index (χ0v) is 18.8. The molecule has 1 aliphatic rings. The summed E-state index contributed by atoms with van der Waals surface area (Å²) in [5.74, 6) is 0.185. The average molecular weight is 435 g/mol. The Balaban J connectivity index is 1.42. The molecule has 1 aliphatic heterocycles. The van der Waals surface area contributed by atoms with Gasteiger partial charge in [0.05, 0.1) is 16.7 Å². The fourth-order valence-electron chi connectivity index (χ4n) is 4.27. The van der Waals surface area contributed by atoms with Crippen molar-refractivity contribution in [2.75, 3.05) is 36.8 Å². The van der Waals surface area contributed by atoms with Crippen LogP contribution in [0.1, 0.15) is 23.6 Å². The number of hydrogen-bond acceptors (Lipinski definition) is 4. The highest BCUT2D eigenvalue weighted by molar-refractivity contribution is 7.91. The van der Waals surface area contributed by atoms with Crippen molar-refractivity contribution in [3.05, 3.63) is 96.1 Å². The highest BCUT2D eigenvalue weighted by Crippen LogP contribution is 2.30. The summed E-state index contributed by atoms with van der Waals surface area (Å²) in [6.07, 6.45) is 0.642. The van der Waals surface area contributed by atoms with E-state index in [-0.39, 0.29) is 11.8 Å². The first-order chi connectivity index (χ1) is 15.0. The van der Waals surface area contributed by atoms with E-state index in [9.17, 15) is 8.42 Å². The number of benzene rings is 3. The molecule has 0 bridgehead atoms. The standard InChI is InChI=1S/C26H30N2O2S/c1-22-13-15-25(16-14-22)31(29,30)20-8-17-27-18-19-28(24-11-6-3-7-12-24)26(21-27)23-9-4-2-5-10-23/h2-7,9-16,26H,8,17-21H2,1H3. The van der Waals surface area contributed by atoms with Crippen LogP contribution < -0.4 is 4.90 Å². The Labute approximate surface area is 186 Å². The van der Waals surface area contributed by atoms with Crippen molar-refractivity contribution >= 4 is 15.5 Å². The Morgan fingerprint density at radius 1 is 0.839 bits per heavy atom. The van der Waals surface area contributed by atoms with E-state index in [1.807, 2.05) is 31.2 Å². The third kappa shape index (κ3) is 5.35. The molecule has 1 saturated heterocycles. The van der Waals surface area contributed by atoms with Crippen molar-refractivity contribution in [2.24, 2.45) is 0 Å². The third-order valence-corrected chi connectivity index (χ3v) is 7.82. The monoisotopic (exact) mass is 434 g/mol. The molecular weight excluding hydrogens is 404 g/mol. The lowest BCUT2D eigenvalue weighted by molar-refractivity contribution is 0.224. The molecular formula is C26H30N2O2S. The van der Waals surface area contributed by atoms with Gasteiger partial charge in [-0.3, -0.25) is 4.90 Å². The number of rotatable bonds is 7. The summed E-state index contributed by atoms with van der Waals surface area (Å²) in [5, 5.41) is 0. The van der Waals surface area contributed by atoms with E-state index >= 15 is 0 Å². The van der Waals surface area contributed by atoms with Crippen LogP contribution >= 0.6 is 0 Å². The van der Waals surface area contributed by atoms with Gasteiger partial charge in [-0.25, -0.2) is 8.42 Å². The maximum atomic E-state index is 12.7. The van der Waals surface area contributed by atoms with Crippen LogP contribution in [-0.4, -0.2) is 45.2 Å². The van der Waals surface area contributed by atoms with E-state index in [4.69, 9.17) is 0 Å². The minimum Gasteiger partial charge on any atom is -0.362 e. The number of nitrogens with zero attached hydrogens (tertiary/aromatic N) is 2. The fraction of sp³-hybridized carbons (Fsp3) is 0.308. The summed E-state index contributed by atoms with van der Waals surface area (Å²) in [6.45, 7) is 5.51. The highest BCUT2D eigenvalue weighted by atomic mass is 32.2. The maximum absolute atomic E-state index is 12.7. The van der Waals surface area contributed by atoms with Gasteiger partial charge >= 0.3 is 0 Å². The van der Waals surface area contributed by atoms with Crippen molar-refractivity contribution in [3.8, 4) is 0 Å². The smallest absolute Gasteiger partial charge is 0.178 e. The summed E-state index contributed by atoms with van der Waals surface area (Å²) >= 11 is 0. The van der Waals surface area contributed by atoms with Crippen molar-refractivity contribution in [2.45, 2.75) is 24.3 Å². The first-order valence-electron chi connectivity index (χ1n) is 10.9. The van der Waals surface area contributed by atoms with Crippen molar-refractivity contribution in [1.29, 1.82) is 0 Å². The summed E-state index contributed by atoms with van der Waals surface area (Å²) < 4.78 is 25.4. The number of hydrogen-bond donors (Lipinski definition) is 0. The van der Waals surface area contributed by atoms with Crippen molar-refractivity contribution in [1.82, 2.24) is 4.90 Å². The lowest BCUT2D eigenvalue weighted by atomic mass is 10.0. The molecule has 0 N–H and O–H groups in total. The largest absolute Gasteiger partial charge is 0.362 e. The molecule has 0 aliphatic carbocycles. The molecule has 0 amide bonds. The predicted octanol–water partition coefficient (Wildman–Crippen LogP) is 4.72. The molecule has 162 valence electrons. The van der Waals surface area contributed by atoms with Gasteiger partial charge in [0.15, 0.2) is 9.84 Å². The Kier molecular flexibility index (Phi) is 6.73. The second kappa shape index (κ2) is 9.67. The molecule has 3 aromatic carbocycles. The zero-order valence-electron chi connectivity index (χ0n) is 18.0. The summed E-state index contributed by atoms with van der Waals surface area (Å²) in [4.78, 5) is 5.30. The number of aryl methyl sites for hydroxylation is 1. The molecule has 1 unspecified atom stereocenters. The molecule has 0 spiro atoms. The van der Waals surface area contributed by atoms with Crippen LogP contribution in [0.3, 0.4) is 0 Å². The SMILES string of the molecule is Cc1ccc(S(=O)(=O)CCCN2CCN(c3ccccc3)C(c3ccccc3)C2)cc1. The molecule has 0 radical (unpaired) electrons. The van der Waals surface area contributed by atoms with Gasteiger partial charge in [0, 0.05) is 25.3 Å². The van der Waals surface area contributed by atoms with Gasteiger partial charge in [-0.15, -0.1) is 0 Å². The van der Waals surface area contributed by atoms with E-state index in [1.165, 1.54) is 11.3 Å². The highest BCUT2D eigenvalue weighted by Gasteiger charge is 2.28. The number of anilines is 1. The Hall–Kier alpha value is -2.63. The van der Waals surface area contributed by atoms with E-state index in [0.717, 1.165) is 31.7 Å². The van der Waals surface area contributed by atoms with Gasteiger partial charge in [-0.05, 0) is 49.7 Å². The van der Waals surface area contributed by atoms with Crippen LogP contribution in [0.4, 0.5) is 5.69 Å². The van der Waals surface area contributed by atoms with Crippen LogP contribution in [0, 0.1) is 6.92 Å². The number of para-hydroxylation sites is 1. The lowest BCUT2D eigenvalue weighted by Gasteiger charge is -2.43. The maximum Gasteiger partial charge on any atom is 0.178 e. The summed E-state index contributed by atoms with van der Waals surface area (Å²) in [7, 11) is -3.23. The quantitative estimate of drug-likeness (QED) is 0.539. The average Bonchev–Trinajstić information content (AvgIpc) is 2.80. The van der Waals surface area contributed by atoms with Gasteiger partial charge in [0.1, 0.15) is 0 Å². The molecule has 0 saturated carbocycles. The van der Waals surface area contributed by atoms with Crippen LogP contribution in [0.2, 0.25) is 0 Å². The molecule has 0 aromatic heterocycles. The van der Waals surface area contributed by atoms with Gasteiger partial charge in [-0.2, -0.15) is 0 Å². The van der Waals surface area contributed by atoms with Crippen molar-refractivity contribution in [3.63, 3.8) is 0 Å². The van der Waals surface area contributed by atoms with Gasteiger partial charge in [0.2, 0.25) is 0 Å². The zero-order chi connectivity index (χ0) is 21.7. The molecule has 4 nitrogen and oxygen atoms in total. The van der Waals surface area contributed by atoms with E-state index in [1.54, 1.807) is 12.1 Å². The van der Waals surface area contributed by atoms with E-state index in [0.29, 0.717) is 11.3 Å². The predicted molar refractivity (Wildman–Crippen MR) is 127 cm³/mol. The van der Waals surface area contributed by atoms with Gasteiger partial charge in [0.25, 0.3) is 0 Å².